The molecule has 1 aliphatic carbocycles. The minimum absolute atomic E-state index is 0.170. The van der Waals surface area contributed by atoms with E-state index in [0.29, 0.717) is 6.04 Å². The molecule has 0 spiro atoms. The molecule has 0 bridgehead atoms. The van der Waals surface area contributed by atoms with Gasteiger partial charge in [0.25, 0.3) is 0 Å². The highest BCUT2D eigenvalue weighted by Gasteiger charge is 2.32. The molecular formula is C17H28N2. The summed E-state index contributed by atoms with van der Waals surface area (Å²) in [5.41, 5.74) is 16.7. The zero-order valence-corrected chi connectivity index (χ0v) is 12.8. The largest absolute Gasteiger partial charge is 0.328 e. The van der Waals surface area contributed by atoms with Crippen LogP contribution < -0.4 is 11.5 Å². The molecule has 2 heteroatoms. The molecule has 106 valence electrons. The van der Waals surface area contributed by atoms with Crippen LogP contribution in [-0.2, 0) is 11.0 Å². The minimum Gasteiger partial charge on any atom is -0.328 e. The molecule has 19 heavy (non-hydrogen) atoms. The van der Waals surface area contributed by atoms with E-state index in [0.717, 1.165) is 25.7 Å². The second-order valence-corrected chi connectivity index (χ2v) is 7.27. The lowest BCUT2D eigenvalue weighted by Gasteiger charge is -2.37. The summed E-state index contributed by atoms with van der Waals surface area (Å²) in [7, 11) is 0. The lowest BCUT2D eigenvalue weighted by Crippen LogP contribution is -2.43. The first-order valence-electron chi connectivity index (χ1n) is 7.38. The Morgan fingerprint density at radius 3 is 2.21 bits per heavy atom. The van der Waals surface area contributed by atoms with E-state index in [1.54, 1.807) is 0 Å². The van der Waals surface area contributed by atoms with Crippen LogP contribution >= 0.6 is 0 Å². The normalized spacial score (nSPS) is 28.4. The molecule has 0 aliphatic heterocycles. The van der Waals surface area contributed by atoms with Crippen molar-refractivity contribution >= 4 is 0 Å². The Morgan fingerprint density at radius 2 is 1.74 bits per heavy atom. The maximum atomic E-state index is 6.62. The summed E-state index contributed by atoms with van der Waals surface area (Å²) in [6.07, 6.45) is 4.08. The Bertz CT molecular complexity index is 449. The molecule has 2 nitrogen and oxygen atoms in total. The van der Waals surface area contributed by atoms with Crippen molar-refractivity contribution in [2.24, 2.45) is 11.5 Å². The Morgan fingerprint density at radius 1 is 1.16 bits per heavy atom. The van der Waals surface area contributed by atoms with Gasteiger partial charge in [0, 0.05) is 11.6 Å². The van der Waals surface area contributed by atoms with Gasteiger partial charge >= 0.3 is 0 Å². The molecule has 1 aliphatic rings. The van der Waals surface area contributed by atoms with Gasteiger partial charge in [-0.2, -0.15) is 0 Å². The maximum absolute atomic E-state index is 6.62. The molecule has 0 radical (unpaired) electrons. The van der Waals surface area contributed by atoms with Crippen LogP contribution in [-0.4, -0.2) is 6.04 Å². The molecule has 0 aromatic heterocycles. The predicted molar refractivity (Wildman–Crippen MR) is 82.2 cm³/mol. The van der Waals surface area contributed by atoms with Crippen LogP contribution in [0.2, 0.25) is 0 Å². The molecule has 1 aromatic rings. The average molecular weight is 260 g/mol. The van der Waals surface area contributed by atoms with Crippen molar-refractivity contribution in [3.63, 3.8) is 0 Å². The van der Waals surface area contributed by atoms with Crippen LogP contribution in [0.25, 0.3) is 0 Å². The second-order valence-electron chi connectivity index (χ2n) is 7.27. The standard InChI is InChI=1S/C17H28N2/c1-12-11-13(5-6-15(12)16(2,3)4)17(19)9-7-14(18)8-10-17/h5-6,11,14H,7-10,18-19H2,1-4H3. The lowest BCUT2D eigenvalue weighted by molar-refractivity contribution is 0.277. The van der Waals surface area contributed by atoms with E-state index in [4.69, 9.17) is 11.5 Å². The molecular weight excluding hydrogens is 232 g/mol. The van der Waals surface area contributed by atoms with Crippen molar-refractivity contribution in [3.05, 3.63) is 34.9 Å². The van der Waals surface area contributed by atoms with Gasteiger partial charge in [-0.05, 0) is 54.7 Å². The third-order valence-corrected chi connectivity index (χ3v) is 4.53. The minimum atomic E-state index is -0.170. The molecule has 2 rings (SSSR count). The number of benzene rings is 1. The Labute approximate surface area is 117 Å². The Kier molecular flexibility index (Phi) is 3.76. The summed E-state index contributed by atoms with van der Waals surface area (Å²) >= 11 is 0. The van der Waals surface area contributed by atoms with Crippen molar-refractivity contribution in [2.45, 2.75) is 70.4 Å². The van der Waals surface area contributed by atoms with Crippen molar-refractivity contribution in [3.8, 4) is 0 Å². The van der Waals surface area contributed by atoms with Gasteiger partial charge < -0.3 is 11.5 Å². The molecule has 0 unspecified atom stereocenters. The highest BCUT2D eigenvalue weighted by atomic mass is 14.8. The van der Waals surface area contributed by atoms with Crippen LogP contribution in [0.4, 0.5) is 0 Å². The fourth-order valence-corrected chi connectivity index (χ4v) is 3.26. The van der Waals surface area contributed by atoms with E-state index >= 15 is 0 Å². The third kappa shape index (κ3) is 3.01. The third-order valence-electron chi connectivity index (χ3n) is 4.53. The fourth-order valence-electron chi connectivity index (χ4n) is 3.26. The van der Waals surface area contributed by atoms with Crippen LogP contribution in [0, 0.1) is 6.92 Å². The van der Waals surface area contributed by atoms with Gasteiger partial charge in [-0.1, -0.05) is 39.0 Å². The second kappa shape index (κ2) is 4.92. The zero-order chi connectivity index (χ0) is 14.3. The highest BCUT2D eigenvalue weighted by Crippen LogP contribution is 2.36. The van der Waals surface area contributed by atoms with Crippen molar-refractivity contribution < 1.29 is 0 Å². The van der Waals surface area contributed by atoms with Gasteiger partial charge in [0.2, 0.25) is 0 Å². The number of hydrogen-bond acceptors (Lipinski definition) is 2. The lowest BCUT2D eigenvalue weighted by atomic mass is 9.74. The SMILES string of the molecule is Cc1cc(C2(N)CCC(N)CC2)ccc1C(C)(C)C. The first-order valence-corrected chi connectivity index (χ1v) is 7.38. The van der Waals surface area contributed by atoms with E-state index in [-0.39, 0.29) is 11.0 Å². The Hall–Kier alpha value is -0.860. The van der Waals surface area contributed by atoms with Crippen LogP contribution in [0.3, 0.4) is 0 Å². The molecule has 0 amide bonds. The first-order chi connectivity index (χ1) is 8.72. The van der Waals surface area contributed by atoms with Crippen molar-refractivity contribution in [2.75, 3.05) is 0 Å². The smallest absolute Gasteiger partial charge is 0.0410 e. The van der Waals surface area contributed by atoms with Gasteiger partial charge in [0.1, 0.15) is 0 Å². The summed E-state index contributed by atoms with van der Waals surface area (Å²) in [5, 5.41) is 0. The van der Waals surface area contributed by atoms with Gasteiger partial charge in [-0.25, -0.2) is 0 Å². The molecule has 1 aromatic carbocycles. The van der Waals surface area contributed by atoms with Gasteiger partial charge in [-0.3, -0.25) is 0 Å². The maximum Gasteiger partial charge on any atom is 0.0410 e. The summed E-state index contributed by atoms with van der Waals surface area (Å²) in [4.78, 5) is 0. The molecule has 0 heterocycles. The van der Waals surface area contributed by atoms with Crippen molar-refractivity contribution in [1.29, 1.82) is 0 Å². The molecule has 1 fully saturated rings. The number of aryl methyl sites for hydroxylation is 1. The monoisotopic (exact) mass is 260 g/mol. The summed E-state index contributed by atoms with van der Waals surface area (Å²) < 4.78 is 0. The van der Waals surface area contributed by atoms with Crippen molar-refractivity contribution in [1.82, 2.24) is 0 Å². The summed E-state index contributed by atoms with van der Waals surface area (Å²) in [6.45, 7) is 8.97. The van der Waals surface area contributed by atoms with E-state index in [1.807, 2.05) is 0 Å². The quantitative estimate of drug-likeness (QED) is 0.813. The van der Waals surface area contributed by atoms with Gasteiger partial charge in [0.15, 0.2) is 0 Å². The van der Waals surface area contributed by atoms with Gasteiger partial charge in [0.05, 0.1) is 0 Å². The molecule has 4 N–H and O–H groups in total. The highest BCUT2D eigenvalue weighted by molar-refractivity contribution is 5.38. The molecule has 0 atom stereocenters. The van der Waals surface area contributed by atoms with E-state index in [2.05, 4.69) is 45.9 Å². The van der Waals surface area contributed by atoms with E-state index in [1.165, 1.54) is 16.7 Å². The fraction of sp³-hybridized carbons (Fsp3) is 0.647. The molecule has 0 saturated heterocycles. The predicted octanol–water partition coefficient (Wildman–Crippen LogP) is 3.35. The average Bonchev–Trinajstić information content (AvgIpc) is 2.31. The van der Waals surface area contributed by atoms with Crippen LogP contribution in [0.5, 0.6) is 0 Å². The number of nitrogens with two attached hydrogens (primary N) is 2. The summed E-state index contributed by atoms with van der Waals surface area (Å²) in [6, 6.07) is 7.11. The zero-order valence-electron chi connectivity index (χ0n) is 12.8. The first kappa shape index (κ1) is 14.5. The summed E-state index contributed by atoms with van der Waals surface area (Å²) in [5.74, 6) is 0. The molecule has 1 saturated carbocycles. The number of rotatable bonds is 1. The van der Waals surface area contributed by atoms with E-state index in [9.17, 15) is 0 Å². The topological polar surface area (TPSA) is 52.0 Å². The Balaban J connectivity index is 2.30. The van der Waals surface area contributed by atoms with Crippen LogP contribution in [0.15, 0.2) is 18.2 Å². The number of hydrogen-bond donors (Lipinski definition) is 2. The van der Waals surface area contributed by atoms with E-state index < -0.39 is 0 Å². The van der Waals surface area contributed by atoms with Crippen LogP contribution in [0.1, 0.15) is 63.1 Å². The van der Waals surface area contributed by atoms with Gasteiger partial charge in [-0.15, -0.1) is 0 Å².